The van der Waals surface area contributed by atoms with E-state index in [1.165, 1.54) is 12.3 Å². The van der Waals surface area contributed by atoms with Crippen LogP contribution in [0.2, 0.25) is 5.15 Å². The molecule has 0 unspecified atom stereocenters. The Labute approximate surface area is 81.5 Å². The second kappa shape index (κ2) is 3.49. The van der Waals surface area contributed by atoms with Gasteiger partial charge < -0.3 is 16.6 Å². The van der Waals surface area contributed by atoms with Crippen LogP contribution in [0.3, 0.4) is 0 Å². The maximum Gasteiger partial charge on any atom is 0.131 e. The van der Waals surface area contributed by atoms with Crippen molar-refractivity contribution in [3.05, 3.63) is 23.0 Å². The Morgan fingerprint density at radius 2 is 2.31 bits per heavy atom. The average Bonchev–Trinajstić information content (AvgIpc) is 2.03. The van der Waals surface area contributed by atoms with Gasteiger partial charge in [0.05, 0.1) is 12.1 Å². The number of rotatable bonds is 2. The fraction of sp³-hybridized carbons (Fsp3) is 0.375. The Balaban J connectivity index is 3.16. The molecule has 0 aromatic carbocycles. The zero-order chi connectivity index (χ0) is 10.1. The van der Waals surface area contributed by atoms with E-state index in [4.69, 9.17) is 28.2 Å². The van der Waals surface area contributed by atoms with Crippen molar-refractivity contribution < 1.29 is 5.11 Å². The number of halogens is 1. The molecule has 5 heteroatoms. The molecular weight excluding hydrogens is 190 g/mol. The fourth-order valence-electron chi connectivity index (χ4n) is 1.01. The van der Waals surface area contributed by atoms with Gasteiger partial charge in [0, 0.05) is 17.4 Å². The third-order valence-corrected chi connectivity index (χ3v) is 2.05. The SMILES string of the molecule is C[C@@](N)(CO)c1cnc(Cl)cc1N. The van der Waals surface area contributed by atoms with Crippen LogP contribution in [-0.4, -0.2) is 16.7 Å². The van der Waals surface area contributed by atoms with E-state index in [0.717, 1.165) is 0 Å². The van der Waals surface area contributed by atoms with Gasteiger partial charge in [0.15, 0.2) is 0 Å². The van der Waals surface area contributed by atoms with Gasteiger partial charge in [-0.05, 0) is 13.0 Å². The van der Waals surface area contributed by atoms with Crippen molar-refractivity contribution in [3.8, 4) is 0 Å². The number of aliphatic hydroxyl groups excluding tert-OH is 1. The quantitative estimate of drug-likeness (QED) is 0.608. The lowest BCUT2D eigenvalue weighted by Gasteiger charge is -2.23. The summed E-state index contributed by atoms with van der Waals surface area (Å²) in [5, 5.41) is 9.31. The minimum absolute atomic E-state index is 0.194. The first-order valence-corrected chi connectivity index (χ1v) is 4.16. The van der Waals surface area contributed by atoms with Crippen LogP contribution in [0, 0.1) is 0 Å². The molecule has 0 radical (unpaired) electrons. The third-order valence-electron chi connectivity index (χ3n) is 1.85. The Hall–Kier alpha value is -0.840. The molecular formula is C8H12ClN3O. The Kier molecular flexibility index (Phi) is 2.75. The fourth-order valence-corrected chi connectivity index (χ4v) is 1.17. The number of hydrogen-bond donors (Lipinski definition) is 3. The van der Waals surface area contributed by atoms with E-state index in [0.29, 0.717) is 16.4 Å². The molecule has 0 amide bonds. The number of pyridine rings is 1. The lowest BCUT2D eigenvalue weighted by molar-refractivity contribution is 0.210. The first-order valence-electron chi connectivity index (χ1n) is 3.78. The molecule has 0 fully saturated rings. The summed E-state index contributed by atoms with van der Waals surface area (Å²) in [6.45, 7) is 1.48. The summed E-state index contributed by atoms with van der Waals surface area (Å²) < 4.78 is 0. The van der Waals surface area contributed by atoms with E-state index < -0.39 is 5.54 Å². The number of nitrogens with two attached hydrogens (primary N) is 2. The summed E-state index contributed by atoms with van der Waals surface area (Å²) in [4.78, 5) is 3.85. The molecule has 72 valence electrons. The molecule has 0 bridgehead atoms. The molecule has 4 nitrogen and oxygen atoms in total. The molecule has 1 heterocycles. The highest BCUT2D eigenvalue weighted by molar-refractivity contribution is 6.29. The molecule has 1 rings (SSSR count). The van der Waals surface area contributed by atoms with Gasteiger partial charge in [-0.25, -0.2) is 4.98 Å². The summed E-state index contributed by atoms with van der Waals surface area (Å²) in [7, 11) is 0. The lowest BCUT2D eigenvalue weighted by Crippen LogP contribution is -2.37. The molecule has 0 aliphatic carbocycles. The molecule has 5 N–H and O–H groups in total. The number of anilines is 1. The predicted octanol–water partition coefficient (Wildman–Crippen LogP) is 0.483. The van der Waals surface area contributed by atoms with E-state index >= 15 is 0 Å². The first-order chi connectivity index (χ1) is 5.97. The highest BCUT2D eigenvalue weighted by Gasteiger charge is 2.22. The van der Waals surface area contributed by atoms with Gasteiger partial charge >= 0.3 is 0 Å². The van der Waals surface area contributed by atoms with Gasteiger partial charge in [0.2, 0.25) is 0 Å². The average molecular weight is 202 g/mol. The van der Waals surface area contributed by atoms with Gasteiger partial charge in [-0.3, -0.25) is 0 Å². The molecule has 1 aromatic heterocycles. The Bertz CT molecular complexity index is 314. The molecule has 0 aliphatic rings. The number of hydrogen-bond acceptors (Lipinski definition) is 4. The van der Waals surface area contributed by atoms with Crippen LogP contribution in [0.4, 0.5) is 5.69 Å². The summed E-state index contributed by atoms with van der Waals surface area (Å²) in [6, 6.07) is 1.51. The van der Waals surface area contributed by atoms with Crippen LogP contribution >= 0.6 is 11.6 Å². The summed E-state index contributed by atoms with van der Waals surface area (Å²) in [6.07, 6.45) is 1.48. The smallest absolute Gasteiger partial charge is 0.131 e. The minimum Gasteiger partial charge on any atom is -0.398 e. The predicted molar refractivity (Wildman–Crippen MR) is 52.3 cm³/mol. The molecule has 0 saturated heterocycles. The maximum atomic E-state index is 9.00. The number of nitrogens with zero attached hydrogens (tertiary/aromatic N) is 1. The Morgan fingerprint density at radius 3 is 2.77 bits per heavy atom. The normalized spacial score (nSPS) is 15.4. The lowest BCUT2D eigenvalue weighted by atomic mass is 9.94. The van der Waals surface area contributed by atoms with Gasteiger partial charge in [0.1, 0.15) is 5.15 Å². The summed E-state index contributed by atoms with van der Waals surface area (Å²) >= 11 is 5.62. The zero-order valence-electron chi connectivity index (χ0n) is 7.29. The van der Waals surface area contributed by atoms with Gasteiger partial charge in [0.25, 0.3) is 0 Å². The highest BCUT2D eigenvalue weighted by Crippen LogP contribution is 2.24. The number of nitrogen functional groups attached to an aromatic ring is 1. The van der Waals surface area contributed by atoms with Crippen molar-refractivity contribution in [1.82, 2.24) is 4.98 Å². The van der Waals surface area contributed by atoms with E-state index in [1.807, 2.05) is 0 Å². The van der Waals surface area contributed by atoms with Crippen LogP contribution in [0.5, 0.6) is 0 Å². The van der Waals surface area contributed by atoms with E-state index in [-0.39, 0.29) is 6.61 Å². The van der Waals surface area contributed by atoms with Crippen molar-refractivity contribution >= 4 is 17.3 Å². The molecule has 1 aromatic rings. The van der Waals surface area contributed by atoms with Crippen LogP contribution in [0.1, 0.15) is 12.5 Å². The second-order valence-electron chi connectivity index (χ2n) is 3.17. The van der Waals surface area contributed by atoms with Crippen molar-refractivity contribution in [2.75, 3.05) is 12.3 Å². The highest BCUT2D eigenvalue weighted by atomic mass is 35.5. The van der Waals surface area contributed by atoms with Crippen molar-refractivity contribution in [1.29, 1.82) is 0 Å². The first kappa shape index (κ1) is 10.2. The standard InChI is InChI=1S/C8H12ClN3O/c1-8(11,4-13)5-3-12-7(9)2-6(5)10/h2-3,13H,4,11H2,1H3,(H2,10,12)/t8-/m1/s1. The minimum atomic E-state index is -0.873. The summed E-state index contributed by atoms with van der Waals surface area (Å²) in [5.41, 5.74) is 11.6. The van der Waals surface area contributed by atoms with E-state index in [9.17, 15) is 0 Å². The van der Waals surface area contributed by atoms with Crippen molar-refractivity contribution in [2.24, 2.45) is 5.73 Å². The van der Waals surface area contributed by atoms with E-state index in [1.54, 1.807) is 6.92 Å². The monoisotopic (exact) mass is 201 g/mol. The Morgan fingerprint density at radius 1 is 1.69 bits per heavy atom. The largest absolute Gasteiger partial charge is 0.398 e. The molecule has 0 spiro atoms. The zero-order valence-corrected chi connectivity index (χ0v) is 8.04. The van der Waals surface area contributed by atoms with Crippen molar-refractivity contribution in [2.45, 2.75) is 12.5 Å². The molecule has 0 aliphatic heterocycles. The van der Waals surface area contributed by atoms with Gasteiger partial charge in [-0.2, -0.15) is 0 Å². The van der Waals surface area contributed by atoms with Crippen LogP contribution in [0.15, 0.2) is 12.3 Å². The summed E-state index contributed by atoms with van der Waals surface area (Å²) in [5.74, 6) is 0. The van der Waals surface area contributed by atoms with Gasteiger partial charge in [-0.15, -0.1) is 0 Å². The van der Waals surface area contributed by atoms with Gasteiger partial charge in [-0.1, -0.05) is 11.6 Å². The number of aliphatic hydroxyl groups is 1. The van der Waals surface area contributed by atoms with Crippen LogP contribution in [0.25, 0.3) is 0 Å². The third kappa shape index (κ3) is 2.09. The van der Waals surface area contributed by atoms with E-state index in [2.05, 4.69) is 4.98 Å². The van der Waals surface area contributed by atoms with Crippen LogP contribution in [-0.2, 0) is 5.54 Å². The molecule has 0 saturated carbocycles. The topological polar surface area (TPSA) is 85.2 Å². The second-order valence-corrected chi connectivity index (χ2v) is 3.56. The van der Waals surface area contributed by atoms with Crippen LogP contribution < -0.4 is 11.5 Å². The number of aromatic nitrogens is 1. The molecule has 13 heavy (non-hydrogen) atoms. The maximum absolute atomic E-state index is 9.00. The van der Waals surface area contributed by atoms with Crippen molar-refractivity contribution in [3.63, 3.8) is 0 Å². The molecule has 1 atom stereocenters.